The molecule has 0 aliphatic carbocycles. The van der Waals surface area contributed by atoms with Crippen LogP contribution in [0.1, 0.15) is 162 Å². The first kappa shape index (κ1) is 51.9. The molecular weight excluding hydrogens is 728 g/mol. The number of carboxylic acid groups (broad SMARTS) is 1. The Morgan fingerprint density at radius 3 is 1.61 bits per heavy atom. The number of aliphatic carboxylic acids is 1. The molecule has 0 radical (unpaired) electrons. The third-order valence-electron chi connectivity index (χ3n) is 9.60. The van der Waals surface area contributed by atoms with Crippen molar-refractivity contribution in [1.82, 2.24) is 0 Å². The minimum Gasteiger partial charge on any atom is -0.479 e. The van der Waals surface area contributed by atoms with Gasteiger partial charge in [-0.05, 0) is 77.0 Å². The van der Waals surface area contributed by atoms with Gasteiger partial charge < -0.3 is 39.4 Å². The van der Waals surface area contributed by atoms with Crippen LogP contribution in [0.5, 0.6) is 0 Å². The van der Waals surface area contributed by atoms with Gasteiger partial charge in [0.25, 0.3) is 0 Å². The first-order valence-corrected chi connectivity index (χ1v) is 21.8. The zero-order chi connectivity index (χ0) is 41.8. The summed E-state index contributed by atoms with van der Waals surface area (Å²) in [5, 5.41) is 39.8. The average molecular weight is 805 g/mol. The number of ether oxygens (including phenoxy) is 4. The van der Waals surface area contributed by atoms with E-state index in [0.29, 0.717) is 12.8 Å². The molecule has 0 bridgehead atoms. The number of hydrogen-bond donors (Lipinski definition) is 4. The number of hydrogen-bond acceptors (Lipinski definition) is 10. The third-order valence-corrected chi connectivity index (χ3v) is 9.60. The van der Waals surface area contributed by atoms with Crippen molar-refractivity contribution in [3.8, 4) is 0 Å². The molecule has 0 aromatic rings. The molecule has 57 heavy (non-hydrogen) atoms. The van der Waals surface area contributed by atoms with Crippen molar-refractivity contribution >= 4 is 17.9 Å². The number of allylic oxidation sites excluding steroid dienone is 10. The molecule has 0 aromatic heterocycles. The van der Waals surface area contributed by atoms with Crippen molar-refractivity contribution in [2.24, 2.45) is 0 Å². The van der Waals surface area contributed by atoms with Crippen molar-refractivity contribution in [2.75, 3.05) is 13.2 Å². The summed E-state index contributed by atoms with van der Waals surface area (Å²) in [6, 6.07) is 0. The van der Waals surface area contributed by atoms with E-state index in [1.165, 1.54) is 44.9 Å². The first-order valence-electron chi connectivity index (χ1n) is 21.8. The molecule has 0 aromatic carbocycles. The van der Waals surface area contributed by atoms with Crippen LogP contribution in [-0.2, 0) is 33.3 Å². The second-order valence-electron chi connectivity index (χ2n) is 14.8. The maximum absolute atomic E-state index is 12.8. The van der Waals surface area contributed by atoms with Crippen molar-refractivity contribution in [2.45, 2.75) is 198 Å². The summed E-state index contributed by atoms with van der Waals surface area (Å²) in [4.78, 5) is 36.8. The van der Waals surface area contributed by atoms with Crippen LogP contribution in [0, 0.1) is 0 Å². The first-order chi connectivity index (χ1) is 27.7. The molecule has 0 amide bonds. The maximum Gasteiger partial charge on any atom is 0.335 e. The van der Waals surface area contributed by atoms with E-state index < -0.39 is 61.3 Å². The minimum absolute atomic E-state index is 0.161. The van der Waals surface area contributed by atoms with Crippen LogP contribution < -0.4 is 0 Å². The normalized spacial score (nSPS) is 20.8. The van der Waals surface area contributed by atoms with Gasteiger partial charge in [-0.1, -0.05) is 132 Å². The van der Waals surface area contributed by atoms with Gasteiger partial charge >= 0.3 is 17.9 Å². The Balaban J connectivity index is 2.43. The van der Waals surface area contributed by atoms with E-state index in [2.05, 4.69) is 74.6 Å². The summed E-state index contributed by atoms with van der Waals surface area (Å²) in [6.07, 6.45) is 34.2. The second kappa shape index (κ2) is 36.0. The zero-order valence-corrected chi connectivity index (χ0v) is 35.1. The Morgan fingerprint density at radius 1 is 0.561 bits per heavy atom. The Kier molecular flexibility index (Phi) is 32.8. The van der Waals surface area contributed by atoms with E-state index in [0.717, 1.165) is 77.0 Å². The van der Waals surface area contributed by atoms with Crippen LogP contribution in [0.25, 0.3) is 0 Å². The highest BCUT2D eigenvalue weighted by Gasteiger charge is 2.47. The number of carbonyl (C=O) groups is 3. The fourth-order valence-electron chi connectivity index (χ4n) is 6.16. The summed E-state index contributed by atoms with van der Waals surface area (Å²) >= 11 is 0. The summed E-state index contributed by atoms with van der Waals surface area (Å²) in [7, 11) is 0. The lowest BCUT2D eigenvalue weighted by molar-refractivity contribution is -0.298. The summed E-state index contributed by atoms with van der Waals surface area (Å²) in [5.41, 5.74) is 0. The SMILES string of the molecule is CC/C=C\C/C=C\C/C=C\C/C=C\CCCCC(=O)OCC(COC1OC(C(=O)O)C(O)C(O)C1O)OC(=O)CCCCCCC/C=C\CCCCCCCCC. The Morgan fingerprint density at radius 2 is 1.04 bits per heavy atom. The number of rotatable bonds is 35. The van der Waals surface area contributed by atoms with Gasteiger partial charge in [-0.15, -0.1) is 0 Å². The highest BCUT2D eigenvalue weighted by molar-refractivity contribution is 5.73. The zero-order valence-electron chi connectivity index (χ0n) is 35.1. The molecule has 6 unspecified atom stereocenters. The molecule has 0 saturated carbocycles. The molecule has 0 spiro atoms. The van der Waals surface area contributed by atoms with E-state index >= 15 is 0 Å². The maximum atomic E-state index is 12.8. The smallest absolute Gasteiger partial charge is 0.335 e. The van der Waals surface area contributed by atoms with Gasteiger partial charge in [0, 0.05) is 12.8 Å². The van der Waals surface area contributed by atoms with Crippen LogP contribution in [0.3, 0.4) is 0 Å². The lowest BCUT2D eigenvalue weighted by Gasteiger charge is -2.38. The van der Waals surface area contributed by atoms with Gasteiger partial charge in [-0.3, -0.25) is 9.59 Å². The Labute approximate surface area is 343 Å². The van der Waals surface area contributed by atoms with Crippen molar-refractivity contribution < 1.29 is 53.8 Å². The highest BCUT2D eigenvalue weighted by Crippen LogP contribution is 2.23. The number of aliphatic hydroxyl groups excluding tert-OH is 3. The Hall–Kier alpha value is -3.09. The number of unbranched alkanes of at least 4 members (excludes halogenated alkanes) is 14. The summed E-state index contributed by atoms with van der Waals surface area (Å²) < 4.78 is 21.7. The molecule has 1 aliphatic heterocycles. The van der Waals surface area contributed by atoms with E-state index in [4.69, 9.17) is 18.9 Å². The molecule has 1 fully saturated rings. The summed E-state index contributed by atoms with van der Waals surface area (Å²) in [5.74, 6) is -2.52. The number of aliphatic hydroxyl groups is 3. The number of carbonyl (C=O) groups excluding carboxylic acids is 2. The highest BCUT2D eigenvalue weighted by atomic mass is 16.7. The van der Waals surface area contributed by atoms with Gasteiger partial charge in [0.05, 0.1) is 6.61 Å². The predicted octanol–water partition coefficient (Wildman–Crippen LogP) is 9.14. The van der Waals surface area contributed by atoms with Gasteiger partial charge in [0.1, 0.15) is 24.9 Å². The fourth-order valence-corrected chi connectivity index (χ4v) is 6.16. The average Bonchev–Trinajstić information content (AvgIpc) is 3.19. The second-order valence-corrected chi connectivity index (χ2v) is 14.8. The Bertz CT molecular complexity index is 1180. The van der Waals surface area contributed by atoms with E-state index in [1.807, 2.05) is 0 Å². The van der Waals surface area contributed by atoms with Crippen LogP contribution in [0.15, 0.2) is 60.8 Å². The van der Waals surface area contributed by atoms with Gasteiger partial charge in [-0.2, -0.15) is 0 Å². The largest absolute Gasteiger partial charge is 0.479 e. The molecule has 326 valence electrons. The molecule has 1 heterocycles. The van der Waals surface area contributed by atoms with Gasteiger partial charge in [0.15, 0.2) is 18.5 Å². The monoisotopic (exact) mass is 805 g/mol. The molecular formula is C46H76O11. The lowest BCUT2D eigenvalue weighted by atomic mass is 9.99. The van der Waals surface area contributed by atoms with Crippen molar-refractivity contribution in [1.29, 1.82) is 0 Å². The predicted molar refractivity (Wildman–Crippen MR) is 224 cm³/mol. The van der Waals surface area contributed by atoms with Crippen LogP contribution in [0.2, 0.25) is 0 Å². The molecule has 1 saturated heterocycles. The fraction of sp³-hybridized carbons (Fsp3) is 0.717. The van der Waals surface area contributed by atoms with Crippen LogP contribution in [0.4, 0.5) is 0 Å². The lowest BCUT2D eigenvalue weighted by Crippen LogP contribution is -2.60. The quantitative estimate of drug-likeness (QED) is 0.0274. The van der Waals surface area contributed by atoms with Gasteiger partial charge in [-0.25, -0.2) is 4.79 Å². The van der Waals surface area contributed by atoms with E-state index in [1.54, 1.807) is 0 Å². The summed E-state index contributed by atoms with van der Waals surface area (Å²) in [6.45, 7) is 3.64. The molecule has 11 heteroatoms. The van der Waals surface area contributed by atoms with Crippen molar-refractivity contribution in [3.05, 3.63) is 60.8 Å². The molecule has 4 N–H and O–H groups in total. The van der Waals surface area contributed by atoms with Crippen molar-refractivity contribution in [3.63, 3.8) is 0 Å². The molecule has 11 nitrogen and oxygen atoms in total. The topological polar surface area (TPSA) is 169 Å². The number of esters is 2. The van der Waals surface area contributed by atoms with E-state index in [9.17, 15) is 34.8 Å². The minimum atomic E-state index is -1.87. The van der Waals surface area contributed by atoms with Crippen LogP contribution >= 0.6 is 0 Å². The third kappa shape index (κ3) is 28.1. The number of carboxylic acids is 1. The van der Waals surface area contributed by atoms with Crippen LogP contribution in [-0.4, -0.2) is 88.4 Å². The molecule has 1 aliphatic rings. The van der Waals surface area contributed by atoms with E-state index in [-0.39, 0.29) is 19.4 Å². The molecule has 1 rings (SSSR count). The van der Waals surface area contributed by atoms with Gasteiger partial charge in [0.2, 0.25) is 0 Å². The molecule has 6 atom stereocenters. The standard InChI is InChI=1S/C46H76O11/c1-3-5-7-9-11-13-15-17-19-21-23-25-27-29-31-33-35-40(48)56-38(37-55-46-43(51)41(49)42(50)44(57-46)45(52)53)36-54-39(47)34-32-30-28-26-24-22-20-18-16-14-12-10-8-6-4-2/h6,8,12,14,18-21,24,26,38,41-44,46,49-51H,3-5,7,9-11,13,15-17,22-23,25,27-37H2,1-2H3,(H,52,53)/b8-6-,14-12-,20-18-,21-19-,26-24-.